The zero-order chi connectivity index (χ0) is 12.4. The summed E-state index contributed by atoms with van der Waals surface area (Å²) in [6, 6.07) is 15.4. The van der Waals surface area contributed by atoms with Crippen molar-refractivity contribution in [3.63, 3.8) is 0 Å². The molecule has 1 unspecified atom stereocenters. The number of aromatic nitrogens is 2. The fourth-order valence-electron chi connectivity index (χ4n) is 1.81. The summed E-state index contributed by atoms with van der Waals surface area (Å²) in [5.41, 5.74) is 2.79. The van der Waals surface area contributed by atoms with Gasteiger partial charge in [-0.05, 0) is 23.3 Å². The lowest BCUT2D eigenvalue weighted by atomic mass is 10.2. The number of H-pyrrole nitrogens is 1. The van der Waals surface area contributed by atoms with Gasteiger partial charge >= 0.3 is 0 Å². The van der Waals surface area contributed by atoms with Gasteiger partial charge in [-0.2, -0.15) is 0 Å². The predicted octanol–water partition coefficient (Wildman–Crippen LogP) is 2.67. The first kappa shape index (κ1) is 11.3. The average molecular weight is 255 g/mol. The van der Waals surface area contributed by atoms with Crippen LogP contribution in [0, 0.1) is 6.33 Å². The van der Waals surface area contributed by atoms with Gasteiger partial charge < -0.3 is 9.54 Å². The molecule has 4 heteroatoms. The first-order valence-corrected chi connectivity index (χ1v) is 6.93. The van der Waals surface area contributed by atoms with Crippen LogP contribution in [-0.4, -0.2) is 14.5 Å². The van der Waals surface area contributed by atoms with Crippen molar-refractivity contribution >= 4 is 22.2 Å². The molecule has 0 saturated heterocycles. The second-order valence-electron chi connectivity index (χ2n) is 4.00. The number of hydrogen-bond acceptors (Lipinski definition) is 2. The molecule has 1 radical (unpaired) electrons. The van der Waals surface area contributed by atoms with Gasteiger partial charge in [0, 0.05) is 11.6 Å². The Morgan fingerprint density at radius 3 is 2.83 bits per heavy atom. The molecule has 89 valence electrons. The molecule has 0 bridgehead atoms. The minimum absolute atomic E-state index is 0.528. The Morgan fingerprint density at radius 2 is 2.00 bits per heavy atom. The summed E-state index contributed by atoms with van der Waals surface area (Å²) >= 11 is -1.04. The van der Waals surface area contributed by atoms with Crippen molar-refractivity contribution in [2.24, 2.45) is 0 Å². The van der Waals surface area contributed by atoms with Crippen LogP contribution in [0.25, 0.3) is 11.0 Å². The molecule has 0 amide bonds. The largest absolute Gasteiger partial charge is 0.611 e. The summed E-state index contributed by atoms with van der Waals surface area (Å²) in [4.78, 5) is 7.75. The van der Waals surface area contributed by atoms with Crippen LogP contribution in [0.4, 0.5) is 0 Å². The molecule has 0 spiro atoms. The number of imidazole rings is 1. The minimum Gasteiger partial charge on any atom is -0.611 e. The highest BCUT2D eigenvalue weighted by Crippen LogP contribution is 2.19. The van der Waals surface area contributed by atoms with E-state index in [1.165, 1.54) is 0 Å². The second-order valence-corrected chi connectivity index (χ2v) is 5.45. The molecule has 0 aliphatic carbocycles. The van der Waals surface area contributed by atoms with Crippen molar-refractivity contribution in [3.05, 3.63) is 60.4 Å². The maximum Gasteiger partial charge on any atom is 0.174 e. The molecule has 1 aromatic heterocycles. The van der Waals surface area contributed by atoms with E-state index in [0.717, 1.165) is 21.5 Å². The number of rotatable bonds is 3. The molecule has 3 nitrogen and oxygen atoms in total. The van der Waals surface area contributed by atoms with Gasteiger partial charge in [0.2, 0.25) is 0 Å². The van der Waals surface area contributed by atoms with Gasteiger partial charge in [0.15, 0.2) is 11.2 Å². The Morgan fingerprint density at radius 1 is 1.17 bits per heavy atom. The molecule has 0 aliphatic heterocycles. The normalized spacial score (nSPS) is 12.7. The van der Waals surface area contributed by atoms with Crippen molar-refractivity contribution in [2.75, 3.05) is 0 Å². The third-order valence-electron chi connectivity index (χ3n) is 2.74. The highest BCUT2D eigenvalue weighted by atomic mass is 32.2. The smallest absolute Gasteiger partial charge is 0.174 e. The van der Waals surface area contributed by atoms with Crippen molar-refractivity contribution in [2.45, 2.75) is 10.6 Å². The quantitative estimate of drug-likeness (QED) is 0.731. The molecular weight excluding hydrogens is 244 g/mol. The Bertz CT molecular complexity index is 651. The molecule has 2 aromatic carbocycles. The fourth-order valence-corrected chi connectivity index (χ4v) is 2.93. The number of aromatic amines is 1. The zero-order valence-electron chi connectivity index (χ0n) is 9.59. The maximum atomic E-state index is 12.2. The zero-order valence-corrected chi connectivity index (χ0v) is 10.4. The van der Waals surface area contributed by atoms with Crippen LogP contribution in [0.5, 0.6) is 0 Å². The van der Waals surface area contributed by atoms with E-state index in [1.807, 2.05) is 48.5 Å². The first-order valence-electron chi connectivity index (χ1n) is 5.61. The minimum atomic E-state index is -1.04. The SMILES string of the molecule is [O-][S+](Cc1ccccc1)c1ccc2[nH][c]nc2c1. The number of fused-ring (bicyclic) bond motifs is 1. The van der Waals surface area contributed by atoms with E-state index in [2.05, 4.69) is 16.3 Å². The summed E-state index contributed by atoms with van der Waals surface area (Å²) < 4.78 is 12.2. The van der Waals surface area contributed by atoms with Gasteiger partial charge in [0.25, 0.3) is 0 Å². The van der Waals surface area contributed by atoms with Gasteiger partial charge in [-0.1, -0.05) is 30.3 Å². The Hall–Kier alpha value is -1.78. The first-order chi connectivity index (χ1) is 8.83. The Kier molecular flexibility index (Phi) is 3.04. The molecular formula is C14H11N2OS. The van der Waals surface area contributed by atoms with Crippen molar-refractivity contribution < 1.29 is 4.55 Å². The van der Waals surface area contributed by atoms with Gasteiger partial charge in [-0.3, -0.25) is 0 Å². The van der Waals surface area contributed by atoms with Crippen LogP contribution >= 0.6 is 0 Å². The van der Waals surface area contributed by atoms with E-state index < -0.39 is 11.2 Å². The van der Waals surface area contributed by atoms with Crippen molar-refractivity contribution in [1.29, 1.82) is 0 Å². The van der Waals surface area contributed by atoms with E-state index in [0.29, 0.717) is 5.75 Å². The molecule has 1 N–H and O–H groups in total. The number of nitrogens with zero attached hydrogens (tertiary/aromatic N) is 1. The number of hydrogen-bond donors (Lipinski definition) is 1. The van der Waals surface area contributed by atoms with Crippen molar-refractivity contribution in [1.82, 2.24) is 9.97 Å². The molecule has 3 aromatic rings. The van der Waals surface area contributed by atoms with E-state index in [9.17, 15) is 4.55 Å². The van der Waals surface area contributed by atoms with Crippen LogP contribution in [0.2, 0.25) is 0 Å². The maximum absolute atomic E-state index is 12.2. The van der Waals surface area contributed by atoms with Gasteiger partial charge in [-0.15, -0.1) is 0 Å². The monoisotopic (exact) mass is 255 g/mol. The van der Waals surface area contributed by atoms with Gasteiger partial charge in [0.1, 0.15) is 5.75 Å². The predicted molar refractivity (Wildman–Crippen MR) is 71.5 cm³/mol. The molecule has 0 aliphatic rings. The number of benzene rings is 2. The van der Waals surface area contributed by atoms with Crippen LogP contribution in [-0.2, 0) is 16.9 Å². The lowest BCUT2D eigenvalue weighted by Gasteiger charge is -2.10. The Labute approximate surface area is 108 Å². The summed E-state index contributed by atoms with van der Waals surface area (Å²) in [5, 5.41) is 0. The average Bonchev–Trinajstić information content (AvgIpc) is 2.87. The van der Waals surface area contributed by atoms with Crippen molar-refractivity contribution in [3.8, 4) is 0 Å². The van der Waals surface area contributed by atoms with Crippen LogP contribution in [0.1, 0.15) is 5.56 Å². The molecule has 18 heavy (non-hydrogen) atoms. The topological polar surface area (TPSA) is 51.7 Å². The van der Waals surface area contributed by atoms with E-state index in [-0.39, 0.29) is 0 Å². The van der Waals surface area contributed by atoms with E-state index in [1.54, 1.807) is 0 Å². The second kappa shape index (κ2) is 4.84. The molecule has 1 heterocycles. The van der Waals surface area contributed by atoms with E-state index >= 15 is 0 Å². The summed E-state index contributed by atoms with van der Waals surface area (Å²) in [6.45, 7) is 0. The van der Waals surface area contributed by atoms with E-state index in [4.69, 9.17) is 0 Å². The Balaban J connectivity index is 1.85. The molecule has 0 fully saturated rings. The van der Waals surface area contributed by atoms with Gasteiger partial charge in [-0.25, -0.2) is 4.98 Å². The van der Waals surface area contributed by atoms with Crippen LogP contribution < -0.4 is 0 Å². The summed E-state index contributed by atoms with van der Waals surface area (Å²) in [5.74, 6) is 0.528. The van der Waals surface area contributed by atoms with Crippen LogP contribution in [0.15, 0.2) is 53.4 Å². The van der Waals surface area contributed by atoms with Crippen LogP contribution in [0.3, 0.4) is 0 Å². The lowest BCUT2D eigenvalue weighted by Crippen LogP contribution is -2.04. The highest BCUT2D eigenvalue weighted by Gasteiger charge is 2.13. The lowest BCUT2D eigenvalue weighted by molar-refractivity contribution is 0.594. The number of nitrogens with one attached hydrogen (secondary N) is 1. The fraction of sp³-hybridized carbons (Fsp3) is 0.0714. The third-order valence-corrected chi connectivity index (χ3v) is 4.11. The highest BCUT2D eigenvalue weighted by molar-refractivity contribution is 7.90. The van der Waals surface area contributed by atoms with Gasteiger partial charge in [0.05, 0.1) is 11.0 Å². The summed E-state index contributed by atoms with van der Waals surface area (Å²) in [6.07, 6.45) is 2.68. The molecule has 0 saturated carbocycles. The summed E-state index contributed by atoms with van der Waals surface area (Å²) in [7, 11) is 0. The standard InChI is InChI=1S/C14H11N2OS/c17-18(9-11-4-2-1-3-5-11)12-6-7-13-14(8-12)16-10-15-13/h1-8H,9H2,(H,15,16). The third kappa shape index (κ3) is 2.25. The molecule has 3 rings (SSSR count). The molecule has 1 atom stereocenters.